The van der Waals surface area contributed by atoms with Crippen LogP contribution in [0.4, 0.5) is 5.00 Å². The quantitative estimate of drug-likeness (QED) is 0.710. The number of carbonyl (C=O) groups is 1. The molecule has 29 heavy (non-hydrogen) atoms. The predicted molar refractivity (Wildman–Crippen MR) is 114 cm³/mol. The van der Waals surface area contributed by atoms with Crippen molar-refractivity contribution in [3.63, 3.8) is 0 Å². The molecule has 3 rings (SSSR count). The largest absolute Gasteiger partial charge is 0.493 e. The lowest BCUT2D eigenvalue weighted by molar-refractivity contribution is -0.111. The normalized spacial score (nSPS) is 15.5. The zero-order valence-electron chi connectivity index (χ0n) is 17.0. The third kappa shape index (κ3) is 4.38. The summed E-state index contributed by atoms with van der Waals surface area (Å²) in [6.07, 6.45) is 6.04. The molecule has 1 atom stereocenters. The minimum absolute atomic E-state index is 0.290. The first-order valence-corrected chi connectivity index (χ1v) is 10.2. The fourth-order valence-electron chi connectivity index (χ4n) is 3.48. The van der Waals surface area contributed by atoms with Crippen LogP contribution in [0.1, 0.15) is 34.9 Å². The molecule has 1 unspecified atom stereocenters. The molecule has 1 heterocycles. The fourth-order valence-corrected chi connectivity index (χ4v) is 4.84. The van der Waals surface area contributed by atoms with Gasteiger partial charge in [-0.3, -0.25) is 4.79 Å². The zero-order valence-corrected chi connectivity index (χ0v) is 17.8. The average molecular weight is 413 g/mol. The SMILES string of the molecule is COc1cc(C=CC(=O)Nc2sc3c(c2C#N)CCC(C)C3)cc(OC)c1OC. The summed E-state index contributed by atoms with van der Waals surface area (Å²) in [7, 11) is 4.62. The van der Waals surface area contributed by atoms with E-state index in [0.717, 1.165) is 30.4 Å². The first kappa shape index (κ1) is 20.7. The molecule has 152 valence electrons. The number of methoxy groups -OCH3 is 3. The van der Waals surface area contributed by atoms with Gasteiger partial charge < -0.3 is 19.5 Å². The number of hydrogen-bond acceptors (Lipinski definition) is 6. The van der Waals surface area contributed by atoms with Crippen molar-refractivity contribution in [2.24, 2.45) is 5.92 Å². The van der Waals surface area contributed by atoms with Crippen LogP contribution < -0.4 is 19.5 Å². The van der Waals surface area contributed by atoms with Crippen LogP contribution in [-0.2, 0) is 17.6 Å². The highest BCUT2D eigenvalue weighted by molar-refractivity contribution is 7.16. The molecular formula is C22H24N2O4S. The van der Waals surface area contributed by atoms with E-state index < -0.39 is 0 Å². The third-order valence-corrected chi connectivity index (χ3v) is 6.14. The van der Waals surface area contributed by atoms with Gasteiger partial charge in [0, 0.05) is 11.0 Å². The minimum atomic E-state index is -0.290. The van der Waals surface area contributed by atoms with Crippen LogP contribution in [0.25, 0.3) is 6.08 Å². The molecule has 0 spiro atoms. The molecule has 0 radical (unpaired) electrons. The highest BCUT2D eigenvalue weighted by Gasteiger charge is 2.24. The molecule has 0 bridgehead atoms. The van der Waals surface area contributed by atoms with Crippen LogP contribution in [0.15, 0.2) is 18.2 Å². The van der Waals surface area contributed by atoms with Crippen molar-refractivity contribution < 1.29 is 19.0 Å². The lowest BCUT2D eigenvalue weighted by atomic mass is 9.89. The van der Waals surface area contributed by atoms with Crippen molar-refractivity contribution in [1.82, 2.24) is 0 Å². The molecule has 6 nitrogen and oxygen atoms in total. The van der Waals surface area contributed by atoms with Gasteiger partial charge >= 0.3 is 0 Å². The van der Waals surface area contributed by atoms with E-state index in [1.165, 1.54) is 29.4 Å². The second-order valence-corrected chi connectivity index (χ2v) is 8.05. The Labute approximate surface area is 174 Å². The van der Waals surface area contributed by atoms with E-state index >= 15 is 0 Å². The Morgan fingerprint density at radius 1 is 1.24 bits per heavy atom. The summed E-state index contributed by atoms with van der Waals surface area (Å²) >= 11 is 1.51. The summed E-state index contributed by atoms with van der Waals surface area (Å²) in [5.74, 6) is 1.84. The molecule has 1 aromatic carbocycles. The Hall–Kier alpha value is -2.98. The molecule has 0 saturated heterocycles. The van der Waals surface area contributed by atoms with Crippen LogP contribution in [0.3, 0.4) is 0 Å². The summed E-state index contributed by atoms with van der Waals surface area (Å²) in [5.41, 5.74) is 2.43. The number of nitrogens with one attached hydrogen (secondary N) is 1. The van der Waals surface area contributed by atoms with Crippen molar-refractivity contribution in [3.05, 3.63) is 39.8 Å². The zero-order chi connectivity index (χ0) is 21.0. The van der Waals surface area contributed by atoms with Crippen molar-refractivity contribution in [2.45, 2.75) is 26.2 Å². The standard InChI is InChI=1S/C22H24N2O4S/c1-13-5-7-15-16(12-23)22(29-19(15)9-13)24-20(25)8-6-14-10-17(26-2)21(28-4)18(11-14)27-3/h6,8,10-11,13H,5,7,9H2,1-4H3,(H,24,25). The fraction of sp³-hybridized carbons (Fsp3) is 0.364. The summed E-state index contributed by atoms with van der Waals surface area (Å²) in [6, 6.07) is 5.79. The third-order valence-electron chi connectivity index (χ3n) is 4.97. The van der Waals surface area contributed by atoms with E-state index in [2.05, 4.69) is 18.3 Å². The molecule has 1 aliphatic rings. The molecule has 0 aliphatic heterocycles. The summed E-state index contributed by atoms with van der Waals surface area (Å²) in [4.78, 5) is 13.7. The maximum absolute atomic E-state index is 12.5. The highest BCUT2D eigenvalue weighted by atomic mass is 32.1. The van der Waals surface area contributed by atoms with Gasteiger partial charge in [-0.15, -0.1) is 11.3 Å². The molecule has 7 heteroatoms. The molecule has 0 saturated carbocycles. The number of hydrogen-bond donors (Lipinski definition) is 1. The number of amides is 1. The number of ether oxygens (including phenoxy) is 3. The van der Waals surface area contributed by atoms with Gasteiger partial charge in [0.15, 0.2) is 11.5 Å². The summed E-state index contributed by atoms with van der Waals surface area (Å²) in [6.45, 7) is 2.22. The Balaban J connectivity index is 1.80. The molecule has 2 aromatic rings. The average Bonchev–Trinajstić information content (AvgIpc) is 3.06. The molecule has 1 aromatic heterocycles. The van der Waals surface area contributed by atoms with Crippen LogP contribution >= 0.6 is 11.3 Å². The predicted octanol–water partition coefficient (Wildman–Crippen LogP) is 4.42. The summed E-state index contributed by atoms with van der Waals surface area (Å²) < 4.78 is 16.0. The van der Waals surface area contributed by atoms with Gasteiger partial charge in [0.1, 0.15) is 11.1 Å². The molecule has 1 N–H and O–H groups in total. The smallest absolute Gasteiger partial charge is 0.249 e. The van der Waals surface area contributed by atoms with Crippen LogP contribution in [-0.4, -0.2) is 27.2 Å². The number of carbonyl (C=O) groups excluding carboxylic acids is 1. The number of thiophene rings is 1. The maximum Gasteiger partial charge on any atom is 0.249 e. The van der Waals surface area contributed by atoms with Crippen molar-refractivity contribution in [2.75, 3.05) is 26.6 Å². The van der Waals surface area contributed by atoms with E-state index in [9.17, 15) is 10.1 Å². The van der Waals surface area contributed by atoms with Gasteiger partial charge in [-0.2, -0.15) is 5.26 Å². The van der Waals surface area contributed by atoms with E-state index in [0.29, 0.717) is 33.7 Å². The van der Waals surface area contributed by atoms with Crippen LogP contribution in [0.2, 0.25) is 0 Å². The van der Waals surface area contributed by atoms with Gasteiger partial charge in [0.2, 0.25) is 11.7 Å². The molecule has 1 amide bonds. The van der Waals surface area contributed by atoms with Gasteiger partial charge in [-0.1, -0.05) is 6.92 Å². The first-order valence-electron chi connectivity index (χ1n) is 9.34. The topological polar surface area (TPSA) is 80.6 Å². The Bertz CT molecular complexity index is 962. The lowest BCUT2D eigenvalue weighted by Gasteiger charge is -2.17. The van der Waals surface area contributed by atoms with Gasteiger partial charge in [-0.25, -0.2) is 0 Å². The Morgan fingerprint density at radius 3 is 2.52 bits per heavy atom. The van der Waals surface area contributed by atoms with Crippen molar-refractivity contribution >= 4 is 28.3 Å². The first-order chi connectivity index (χ1) is 14.0. The van der Waals surface area contributed by atoms with E-state index in [4.69, 9.17) is 14.2 Å². The van der Waals surface area contributed by atoms with Crippen molar-refractivity contribution in [1.29, 1.82) is 5.26 Å². The van der Waals surface area contributed by atoms with Crippen LogP contribution in [0, 0.1) is 17.2 Å². The lowest BCUT2D eigenvalue weighted by Crippen LogP contribution is -2.10. The van der Waals surface area contributed by atoms with E-state index in [-0.39, 0.29) is 5.91 Å². The molecular weight excluding hydrogens is 388 g/mol. The molecule has 1 aliphatic carbocycles. The van der Waals surface area contributed by atoms with E-state index in [1.54, 1.807) is 32.4 Å². The van der Waals surface area contributed by atoms with Gasteiger partial charge in [0.25, 0.3) is 0 Å². The highest BCUT2D eigenvalue weighted by Crippen LogP contribution is 2.40. The van der Waals surface area contributed by atoms with E-state index in [1.807, 2.05) is 0 Å². The van der Waals surface area contributed by atoms with Gasteiger partial charge in [0.05, 0.1) is 26.9 Å². The minimum Gasteiger partial charge on any atom is -0.493 e. The molecule has 0 fully saturated rings. The summed E-state index contributed by atoms with van der Waals surface area (Å²) in [5, 5.41) is 13.1. The number of nitriles is 1. The van der Waals surface area contributed by atoms with Crippen molar-refractivity contribution in [3.8, 4) is 23.3 Å². The van der Waals surface area contributed by atoms with Gasteiger partial charge in [-0.05, 0) is 54.5 Å². The second kappa shape index (κ2) is 9.01. The number of rotatable bonds is 6. The number of anilines is 1. The number of fused-ring (bicyclic) bond motifs is 1. The second-order valence-electron chi connectivity index (χ2n) is 6.95. The number of benzene rings is 1. The Kier molecular flexibility index (Phi) is 6.45. The van der Waals surface area contributed by atoms with Crippen LogP contribution in [0.5, 0.6) is 17.2 Å². The number of nitrogens with zero attached hydrogens (tertiary/aromatic N) is 1. The maximum atomic E-state index is 12.5. The monoisotopic (exact) mass is 412 g/mol. The Morgan fingerprint density at radius 2 is 1.93 bits per heavy atom.